The zero-order chi connectivity index (χ0) is 16.9. The third-order valence-electron chi connectivity index (χ3n) is 3.42. The second kappa shape index (κ2) is 6.95. The smallest absolute Gasteiger partial charge is 0.228 e. The summed E-state index contributed by atoms with van der Waals surface area (Å²) in [5.74, 6) is 1.86. The zero-order valence-corrected chi connectivity index (χ0v) is 13.5. The van der Waals surface area contributed by atoms with Crippen molar-refractivity contribution in [2.75, 3.05) is 10.6 Å². The van der Waals surface area contributed by atoms with E-state index in [4.69, 9.17) is 4.52 Å². The van der Waals surface area contributed by atoms with Gasteiger partial charge in [0.05, 0.1) is 18.3 Å². The third kappa shape index (κ3) is 4.19. The van der Waals surface area contributed by atoms with E-state index in [1.54, 1.807) is 24.4 Å². The van der Waals surface area contributed by atoms with Gasteiger partial charge in [0, 0.05) is 6.07 Å². The lowest BCUT2D eigenvalue weighted by Crippen LogP contribution is -2.14. The maximum Gasteiger partial charge on any atom is 0.228 e. The first-order valence-corrected chi connectivity index (χ1v) is 7.60. The van der Waals surface area contributed by atoms with Crippen LogP contribution in [0.4, 0.5) is 17.3 Å². The number of carbonyl (C=O) groups excluding carboxylic acids is 1. The summed E-state index contributed by atoms with van der Waals surface area (Å²) in [6.45, 7) is 3.84. The van der Waals surface area contributed by atoms with Gasteiger partial charge in [-0.1, -0.05) is 35.0 Å². The maximum atomic E-state index is 12.1. The van der Waals surface area contributed by atoms with E-state index < -0.39 is 0 Å². The molecule has 0 fully saturated rings. The van der Waals surface area contributed by atoms with Gasteiger partial charge in [0.25, 0.3) is 0 Å². The molecule has 3 rings (SSSR count). The van der Waals surface area contributed by atoms with Crippen LogP contribution in [0, 0.1) is 13.8 Å². The normalized spacial score (nSPS) is 10.4. The Labute approximate surface area is 139 Å². The molecule has 0 aliphatic rings. The molecule has 0 spiro atoms. The Hall–Kier alpha value is -3.15. The fourth-order valence-corrected chi connectivity index (χ4v) is 2.19. The quantitative estimate of drug-likeness (QED) is 0.750. The number of aryl methyl sites for hydroxylation is 2. The third-order valence-corrected chi connectivity index (χ3v) is 3.42. The van der Waals surface area contributed by atoms with Crippen LogP contribution >= 0.6 is 0 Å². The highest BCUT2D eigenvalue weighted by Gasteiger charge is 2.06. The predicted molar refractivity (Wildman–Crippen MR) is 92.3 cm³/mol. The van der Waals surface area contributed by atoms with Crippen LogP contribution < -0.4 is 10.6 Å². The van der Waals surface area contributed by atoms with Crippen molar-refractivity contribution in [3.8, 4) is 0 Å². The molecule has 0 aliphatic heterocycles. The summed E-state index contributed by atoms with van der Waals surface area (Å²) in [6.07, 6.45) is 1.93. The molecule has 0 bridgehead atoms. The number of amides is 1. The second-order valence-corrected chi connectivity index (χ2v) is 5.59. The first-order chi connectivity index (χ1) is 11.6. The highest BCUT2D eigenvalue weighted by Crippen LogP contribution is 2.16. The van der Waals surface area contributed by atoms with E-state index in [1.807, 2.05) is 38.1 Å². The monoisotopic (exact) mass is 322 g/mol. The van der Waals surface area contributed by atoms with Crippen molar-refractivity contribution in [2.45, 2.75) is 20.3 Å². The minimum absolute atomic E-state index is 0.0755. The van der Waals surface area contributed by atoms with Crippen LogP contribution in [0.3, 0.4) is 0 Å². The van der Waals surface area contributed by atoms with E-state index >= 15 is 0 Å². The SMILES string of the molecule is Cc1ccc(CC(=O)Nc2ccc(Nc3cc(C)on3)nc2)cc1. The van der Waals surface area contributed by atoms with Gasteiger partial charge in [-0.25, -0.2) is 4.98 Å². The Morgan fingerprint density at radius 2 is 1.88 bits per heavy atom. The van der Waals surface area contributed by atoms with Crippen LogP contribution in [0.1, 0.15) is 16.9 Å². The number of rotatable bonds is 5. The van der Waals surface area contributed by atoms with Crippen LogP contribution in [0.15, 0.2) is 53.2 Å². The number of nitrogens with one attached hydrogen (secondary N) is 2. The van der Waals surface area contributed by atoms with Crippen molar-refractivity contribution in [1.82, 2.24) is 10.1 Å². The van der Waals surface area contributed by atoms with Gasteiger partial charge in [-0.3, -0.25) is 4.79 Å². The molecule has 122 valence electrons. The fourth-order valence-electron chi connectivity index (χ4n) is 2.19. The van der Waals surface area contributed by atoms with E-state index in [0.717, 1.165) is 11.3 Å². The summed E-state index contributed by atoms with van der Waals surface area (Å²) >= 11 is 0. The standard InChI is InChI=1S/C18H18N4O2/c1-12-3-5-14(6-4-12)10-18(23)20-15-7-8-16(19-11-15)21-17-9-13(2)24-22-17/h3-9,11H,10H2,1-2H3,(H,20,23)(H,19,21,22). The summed E-state index contributed by atoms with van der Waals surface area (Å²) in [5.41, 5.74) is 2.80. The molecule has 3 aromatic rings. The molecule has 0 unspecified atom stereocenters. The van der Waals surface area contributed by atoms with Crippen molar-refractivity contribution in [3.05, 3.63) is 65.5 Å². The average molecular weight is 322 g/mol. The lowest BCUT2D eigenvalue weighted by molar-refractivity contribution is -0.115. The lowest BCUT2D eigenvalue weighted by Gasteiger charge is -2.07. The molecular weight excluding hydrogens is 304 g/mol. The van der Waals surface area contributed by atoms with Gasteiger partial charge in [0.1, 0.15) is 11.6 Å². The first-order valence-electron chi connectivity index (χ1n) is 7.60. The number of hydrogen-bond donors (Lipinski definition) is 2. The van der Waals surface area contributed by atoms with Gasteiger partial charge in [-0.05, 0) is 31.5 Å². The molecule has 0 atom stereocenters. The molecular formula is C18H18N4O2. The highest BCUT2D eigenvalue weighted by molar-refractivity contribution is 5.92. The van der Waals surface area contributed by atoms with Crippen molar-refractivity contribution in [3.63, 3.8) is 0 Å². The molecule has 6 heteroatoms. The van der Waals surface area contributed by atoms with Crippen LogP contribution in [0.25, 0.3) is 0 Å². The summed E-state index contributed by atoms with van der Waals surface area (Å²) in [5, 5.41) is 9.70. The van der Waals surface area contributed by atoms with Gasteiger partial charge >= 0.3 is 0 Å². The van der Waals surface area contributed by atoms with Crippen molar-refractivity contribution >= 4 is 23.2 Å². The van der Waals surface area contributed by atoms with Crippen molar-refractivity contribution < 1.29 is 9.32 Å². The van der Waals surface area contributed by atoms with E-state index in [0.29, 0.717) is 23.7 Å². The van der Waals surface area contributed by atoms with Crippen LogP contribution in [0.5, 0.6) is 0 Å². The minimum atomic E-state index is -0.0755. The van der Waals surface area contributed by atoms with E-state index in [2.05, 4.69) is 20.8 Å². The summed E-state index contributed by atoms with van der Waals surface area (Å²) < 4.78 is 4.98. The molecule has 1 aromatic carbocycles. The molecule has 6 nitrogen and oxygen atoms in total. The molecule has 2 heterocycles. The number of benzene rings is 1. The second-order valence-electron chi connectivity index (χ2n) is 5.59. The van der Waals surface area contributed by atoms with Gasteiger partial charge in [0.15, 0.2) is 5.82 Å². The number of pyridine rings is 1. The Morgan fingerprint density at radius 3 is 2.50 bits per heavy atom. The minimum Gasteiger partial charge on any atom is -0.360 e. The average Bonchev–Trinajstić information content (AvgIpc) is 2.96. The topological polar surface area (TPSA) is 80.0 Å². The number of carbonyl (C=O) groups is 1. The lowest BCUT2D eigenvalue weighted by atomic mass is 10.1. The van der Waals surface area contributed by atoms with Gasteiger partial charge < -0.3 is 15.2 Å². The van der Waals surface area contributed by atoms with Gasteiger partial charge in [0.2, 0.25) is 5.91 Å². The Bertz CT molecular complexity index is 823. The Kier molecular flexibility index (Phi) is 4.56. The number of hydrogen-bond acceptors (Lipinski definition) is 5. The summed E-state index contributed by atoms with van der Waals surface area (Å²) in [7, 11) is 0. The number of aromatic nitrogens is 2. The van der Waals surface area contributed by atoms with Crippen LogP contribution in [-0.2, 0) is 11.2 Å². The Balaban J connectivity index is 1.57. The van der Waals surface area contributed by atoms with Crippen LogP contribution in [-0.4, -0.2) is 16.0 Å². The molecule has 2 N–H and O–H groups in total. The zero-order valence-electron chi connectivity index (χ0n) is 13.5. The van der Waals surface area contributed by atoms with E-state index in [9.17, 15) is 4.79 Å². The van der Waals surface area contributed by atoms with E-state index in [-0.39, 0.29) is 5.91 Å². The van der Waals surface area contributed by atoms with Gasteiger partial charge in [-0.2, -0.15) is 0 Å². The number of nitrogens with zero attached hydrogens (tertiary/aromatic N) is 2. The van der Waals surface area contributed by atoms with Crippen molar-refractivity contribution in [1.29, 1.82) is 0 Å². The molecule has 0 radical (unpaired) electrons. The number of anilines is 3. The predicted octanol–water partition coefficient (Wildman–Crippen LogP) is 3.61. The highest BCUT2D eigenvalue weighted by atomic mass is 16.5. The van der Waals surface area contributed by atoms with Crippen molar-refractivity contribution in [2.24, 2.45) is 0 Å². The molecule has 2 aromatic heterocycles. The maximum absolute atomic E-state index is 12.1. The molecule has 1 amide bonds. The summed E-state index contributed by atoms with van der Waals surface area (Å²) in [4.78, 5) is 16.3. The van der Waals surface area contributed by atoms with Crippen LogP contribution in [0.2, 0.25) is 0 Å². The Morgan fingerprint density at radius 1 is 1.08 bits per heavy atom. The molecule has 0 saturated heterocycles. The fraction of sp³-hybridized carbons (Fsp3) is 0.167. The molecule has 24 heavy (non-hydrogen) atoms. The van der Waals surface area contributed by atoms with Gasteiger partial charge in [-0.15, -0.1) is 0 Å². The molecule has 0 saturated carbocycles. The summed E-state index contributed by atoms with van der Waals surface area (Å²) in [6, 6.07) is 13.2. The van der Waals surface area contributed by atoms with E-state index in [1.165, 1.54) is 5.56 Å². The largest absolute Gasteiger partial charge is 0.360 e. The molecule has 0 aliphatic carbocycles. The first kappa shape index (κ1) is 15.7.